The molecular formula is C20H19F3N2O2S. The highest BCUT2D eigenvalue weighted by molar-refractivity contribution is 7.22. The van der Waals surface area contributed by atoms with Crippen molar-refractivity contribution < 1.29 is 22.6 Å². The summed E-state index contributed by atoms with van der Waals surface area (Å²) in [7, 11) is 0. The highest BCUT2D eigenvalue weighted by atomic mass is 32.1. The van der Waals surface area contributed by atoms with E-state index >= 15 is 0 Å². The topological polar surface area (TPSA) is 34.6 Å². The van der Waals surface area contributed by atoms with Crippen LogP contribution in [0.5, 0.6) is 11.5 Å². The van der Waals surface area contributed by atoms with Crippen molar-refractivity contribution in [2.45, 2.75) is 32.2 Å². The second-order valence-corrected chi connectivity index (χ2v) is 7.80. The summed E-state index contributed by atoms with van der Waals surface area (Å²) in [6.45, 7) is 3.72. The Morgan fingerprint density at radius 1 is 1.04 bits per heavy atom. The molecule has 0 spiro atoms. The number of ether oxygens (including phenoxy) is 2. The van der Waals surface area contributed by atoms with E-state index in [0.29, 0.717) is 5.75 Å². The Morgan fingerprint density at radius 2 is 1.71 bits per heavy atom. The molecule has 1 aliphatic heterocycles. The number of rotatable bonds is 4. The van der Waals surface area contributed by atoms with Gasteiger partial charge >= 0.3 is 6.36 Å². The van der Waals surface area contributed by atoms with Crippen LogP contribution in [0.3, 0.4) is 0 Å². The van der Waals surface area contributed by atoms with Crippen LogP contribution >= 0.6 is 11.3 Å². The number of thiazole rings is 1. The van der Waals surface area contributed by atoms with Crippen LogP contribution in [-0.4, -0.2) is 30.5 Å². The summed E-state index contributed by atoms with van der Waals surface area (Å²) >= 11 is 1.69. The highest BCUT2D eigenvalue weighted by Crippen LogP contribution is 2.32. The Balaban J connectivity index is 1.33. The van der Waals surface area contributed by atoms with Crippen molar-refractivity contribution in [2.24, 2.45) is 0 Å². The van der Waals surface area contributed by atoms with Crippen LogP contribution in [0.1, 0.15) is 18.4 Å². The zero-order valence-electron chi connectivity index (χ0n) is 15.2. The van der Waals surface area contributed by atoms with E-state index < -0.39 is 6.36 Å². The van der Waals surface area contributed by atoms with Gasteiger partial charge < -0.3 is 14.4 Å². The van der Waals surface area contributed by atoms with Crippen LogP contribution in [0, 0.1) is 6.92 Å². The fourth-order valence-electron chi connectivity index (χ4n) is 3.24. The number of benzene rings is 2. The van der Waals surface area contributed by atoms with E-state index in [9.17, 15) is 13.2 Å². The van der Waals surface area contributed by atoms with Gasteiger partial charge in [-0.1, -0.05) is 17.4 Å². The molecule has 0 radical (unpaired) electrons. The van der Waals surface area contributed by atoms with E-state index in [-0.39, 0.29) is 11.9 Å². The molecule has 1 aliphatic rings. The van der Waals surface area contributed by atoms with E-state index in [1.165, 1.54) is 34.5 Å². The lowest BCUT2D eigenvalue weighted by molar-refractivity contribution is -0.274. The molecular weight excluding hydrogens is 389 g/mol. The number of aryl methyl sites for hydroxylation is 1. The molecule has 3 aromatic rings. The first-order chi connectivity index (χ1) is 13.4. The predicted octanol–water partition coefficient (Wildman–Crippen LogP) is 5.55. The van der Waals surface area contributed by atoms with Gasteiger partial charge in [-0.15, -0.1) is 13.2 Å². The van der Waals surface area contributed by atoms with Gasteiger partial charge in [-0.2, -0.15) is 0 Å². The molecule has 28 heavy (non-hydrogen) atoms. The first kappa shape index (κ1) is 18.9. The van der Waals surface area contributed by atoms with Gasteiger partial charge in [0.25, 0.3) is 0 Å². The monoisotopic (exact) mass is 408 g/mol. The molecule has 0 bridgehead atoms. The van der Waals surface area contributed by atoms with Gasteiger partial charge in [0.2, 0.25) is 0 Å². The largest absolute Gasteiger partial charge is 0.573 e. The van der Waals surface area contributed by atoms with Crippen molar-refractivity contribution in [3.8, 4) is 11.5 Å². The molecule has 0 atom stereocenters. The Morgan fingerprint density at radius 3 is 2.39 bits per heavy atom. The molecule has 0 aliphatic carbocycles. The van der Waals surface area contributed by atoms with Crippen molar-refractivity contribution in [3.05, 3.63) is 48.0 Å². The summed E-state index contributed by atoms with van der Waals surface area (Å²) in [4.78, 5) is 7.01. The van der Waals surface area contributed by atoms with Gasteiger partial charge in [0.1, 0.15) is 17.6 Å². The molecule has 148 valence electrons. The summed E-state index contributed by atoms with van der Waals surface area (Å²) in [5, 5.41) is 1.02. The average Bonchev–Trinajstić information content (AvgIpc) is 3.06. The molecule has 1 aromatic heterocycles. The molecule has 2 heterocycles. The minimum absolute atomic E-state index is 0.0299. The first-order valence-corrected chi connectivity index (χ1v) is 9.82. The molecule has 4 nitrogen and oxygen atoms in total. The van der Waals surface area contributed by atoms with Gasteiger partial charge in [-0.05, 0) is 48.9 Å². The molecule has 1 saturated heterocycles. The number of hydrogen-bond acceptors (Lipinski definition) is 5. The highest BCUT2D eigenvalue weighted by Gasteiger charge is 2.31. The molecule has 0 amide bonds. The summed E-state index contributed by atoms with van der Waals surface area (Å²) in [5.74, 6) is 0.296. The number of fused-ring (bicyclic) bond motifs is 1. The van der Waals surface area contributed by atoms with Crippen LogP contribution in [0.25, 0.3) is 10.2 Å². The number of halogens is 3. The average molecular weight is 408 g/mol. The second-order valence-electron chi connectivity index (χ2n) is 6.79. The van der Waals surface area contributed by atoms with Crippen molar-refractivity contribution >= 4 is 26.7 Å². The fourth-order valence-corrected chi connectivity index (χ4v) is 4.24. The maximum atomic E-state index is 12.2. The normalized spacial score (nSPS) is 15.8. The molecule has 0 N–H and O–H groups in total. The standard InChI is InChI=1S/C20H19F3N2O2S/c1-13-2-7-18-17(12-13)24-19(28-18)25-10-8-15(9-11-25)26-14-3-5-16(6-4-14)27-20(21,22)23/h2-7,12,15H,8-11H2,1H3. The molecule has 0 saturated carbocycles. The number of hydrogen-bond donors (Lipinski definition) is 0. The minimum Gasteiger partial charge on any atom is -0.490 e. The third-order valence-corrected chi connectivity index (χ3v) is 5.70. The Labute approximate surface area is 164 Å². The molecule has 4 rings (SSSR count). The van der Waals surface area contributed by atoms with Crippen LogP contribution < -0.4 is 14.4 Å². The number of aromatic nitrogens is 1. The Kier molecular flexibility index (Phi) is 5.05. The summed E-state index contributed by atoms with van der Waals surface area (Å²) in [6.07, 6.45) is -3.00. The van der Waals surface area contributed by atoms with Crippen molar-refractivity contribution in [3.63, 3.8) is 0 Å². The van der Waals surface area contributed by atoms with Crippen LogP contribution in [-0.2, 0) is 0 Å². The third-order valence-electron chi connectivity index (χ3n) is 4.60. The number of anilines is 1. The smallest absolute Gasteiger partial charge is 0.490 e. The SMILES string of the molecule is Cc1ccc2sc(N3CCC(Oc4ccc(OC(F)(F)F)cc4)CC3)nc2c1. The Hall–Kier alpha value is -2.48. The lowest BCUT2D eigenvalue weighted by atomic mass is 10.1. The van der Waals surface area contributed by atoms with E-state index in [0.717, 1.165) is 36.6 Å². The van der Waals surface area contributed by atoms with Crippen LogP contribution in [0.15, 0.2) is 42.5 Å². The Bertz CT molecular complexity index is 948. The van der Waals surface area contributed by atoms with E-state index in [1.807, 2.05) is 0 Å². The fraction of sp³-hybridized carbons (Fsp3) is 0.350. The number of nitrogens with zero attached hydrogens (tertiary/aromatic N) is 2. The second kappa shape index (κ2) is 7.50. The van der Waals surface area contributed by atoms with E-state index in [4.69, 9.17) is 9.72 Å². The van der Waals surface area contributed by atoms with Crippen molar-refractivity contribution in [1.29, 1.82) is 0 Å². The number of alkyl halides is 3. The predicted molar refractivity (Wildman–Crippen MR) is 103 cm³/mol. The lowest BCUT2D eigenvalue weighted by Gasteiger charge is -2.31. The zero-order chi connectivity index (χ0) is 19.7. The lowest BCUT2D eigenvalue weighted by Crippen LogP contribution is -2.38. The summed E-state index contributed by atoms with van der Waals surface area (Å²) in [5.41, 5.74) is 2.22. The summed E-state index contributed by atoms with van der Waals surface area (Å²) in [6, 6.07) is 11.8. The maximum absolute atomic E-state index is 12.2. The third kappa shape index (κ3) is 4.49. The van der Waals surface area contributed by atoms with Crippen molar-refractivity contribution in [2.75, 3.05) is 18.0 Å². The maximum Gasteiger partial charge on any atom is 0.573 e. The van der Waals surface area contributed by atoms with Gasteiger partial charge in [0, 0.05) is 25.9 Å². The quantitative estimate of drug-likeness (QED) is 0.567. The molecule has 1 fully saturated rings. The molecule has 0 unspecified atom stereocenters. The minimum atomic E-state index is -4.69. The number of piperidine rings is 1. The van der Waals surface area contributed by atoms with Gasteiger partial charge in [-0.25, -0.2) is 4.98 Å². The van der Waals surface area contributed by atoms with Gasteiger partial charge in [0.15, 0.2) is 5.13 Å². The molecule has 8 heteroatoms. The van der Waals surface area contributed by atoms with Gasteiger partial charge in [-0.3, -0.25) is 0 Å². The first-order valence-electron chi connectivity index (χ1n) is 9.00. The van der Waals surface area contributed by atoms with Crippen LogP contribution in [0.2, 0.25) is 0 Å². The van der Waals surface area contributed by atoms with E-state index in [1.54, 1.807) is 11.3 Å². The molecule has 2 aromatic carbocycles. The zero-order valence-corrected chi connectivity index (χ0v) is 16.0. The van der Waals surface area contributed by atoms with Gasteiger partial charge in [0.05, 0.1) is 10.2 Å². The van der Waals surface area contributed by atoms with Crippen LogP contribution in [0.4, 0.5) is 18.3 Å². The van der Waals surface area contributed by atoms with Crippen molar-refractivity contribution in [1.82, 2.24) is 4.98 Å². The van der Waals surface area contributed by atoms with E-state index in [2.05, 4.69) is 34.8 Å². The summed E-state index contributed by atoms with van der Waals surface area (Å²) < 4.78 is 47.6.